The first-order valence-corrected chi connectivity index (χ1v) is 9.25. The van der Waals surface area contributed by atoms with Crippen LogP contribution >= 0.6 is 0 Å². The van der Waals surface area contributed by atoms with Crippen LogP contribution in [0.2, 0.25) is 0 Å². The number of rotatable bonds is 1. The second kappa shape index (κ2) is 4.62. The Morgan fingerprint density at radius 3 is 2.73 bits per heavy atom. The Bertz CT molecular complexity index is 568. The summed E-state index contributed by atoms with van der Waals surface area (Å²) in [6, 6.07) is 0. The van der Waals surface area contributed by atoms with Crippen molar-refractivity contribution < 1.29 is 5.11 Å². The molecule has 4 aliphatic rings. The van der Waals surface area contributed by atoms with Gasteiger partial charge in [0.05, 0.1) is 5.60 Å². The average molecular weight is 298 g/mol. The minimum Gasteiger partial charge on any atom is -0.385 e. The lowest BCUT2D eigenvalue weighted by molar-refractivity contribution is -0.103. The Balaban J connectivity index is 1.72. The van der Waals surface area contributed by atoms with Crippen LogP contribution in [-0.4, -0.2) is 10.7 Å². The summed E-state index contributed by atoms with van der Waals surface area (Å²) >= 11 is 0. The summed E-state index contributed by atoms with van der Waals surface area (Å²) in [6.45, 7) is 8.82. The van der Waals surface area contributed by atoms with Gasteiger partial charge in [0.15, 0.2) is 0 Å². The van der Waals surface area contributed by atoms with E-state index in [1.54, 1.807) is 5.57 Å². The minimum atomic E-state index is -0.633. The quantitative estimate of drug-likeness (QED) is 0.532. The first-order valence-electron chi connectivity index (χ1n) is 9.25. The summed E-state index contributed by atoms with van der Waals surface area (Å²) in [5.74, 6) is 2.28. The van der Waals surface area contributed by atoms with Crippen molar-refractivity contribution in [3.8, 4) is 0 Å². The van der Waals surface area contributed by atoms with E-state index in [0.29, 0.717) is 11.3 Å². The van der Waals surface area contributed by atoms with Crippen LogP contribution in [0.25, 0.3) is 0 Å². The van der Waals surface area contributed by atoms with Gasteiger partial charge in [-0.2, -0.15) is 0 Å². The molecule has 0 aliphatic heterocycles. The molecular formula is C21H30O. The van der Waals surface area contributed by atoms with Crippen molar-refractivity contribution >= 4 is 0 Å². The van der Waals surface area contributed by atoms with Gasteiger partial charge in [-0.3, -0.25) is 0 Å². The summed E-state index contributed by atoms with van der Waals surface area (Å²) < 4.78 is 0. The van der Waals surface area contributed by atoms with Crippen molar-refractivity contribution in [1.82, 2.24) is 0 Å². The number of fused-ring (bicyclic) bond motifs is 5. The van der Waals surface area contributed by atoms with Crippen molar-refractivity contribution in [2.24, 2.45) is 28.6 Å². The fourth-order valence-corrected chi connectivity index (χ4v) is 6.83. The van der Waals surface area contributed by atoms with Gasteiger partial charge in [-0.05, 0) is 86.2 Å². The van der Waals surface area contributed by atoms with Crippen molar-refractivity contribution in [3.05, 3.63) is 30.0 Å². The molecule has 0 aromatic rings. The zero-order chi connectivity index (χ0) is 15.6. The van der Waals surface area contributed by atoms with Crippen LogP contribution in [-0.2, 0) is 0 Å². The topological polar surface area (TPSA) is 20.2 Å². The number of hydrogen-bond acceptors (Lipinski definition) is 1. The Hall–Kier alpha value is -0.780. The van der Waals surface area contributed by atoms with E-state index >= 15 is 0 Å². The standard InChI is InChI=1S/C21H30O/c1-4-21(22)14-11-18-16-9-8-15-7-5-6-12-19(15,2)17(16)10-13-20(18,21)3/h4-5,16-18,22H,1,6,8-14H2,2-3H3/t16-,17+,18+,19+,20+,21-/m1/s1. The molecule has 4 aliphatic carbocycles. The van der Waals surface area contributed by atoms with Crippen molar-refractivity contribution in [2.45, 2.75) is 70.8 Å². The van der Waals surface area contributed by atoms with Crippen LogP contribution < -0.4 is 0 Å². The molecule has 3 fully saturated rings. The van der Waals surface area contributed by atoms with Gasteiger partial charge in [-0.25, -0.2) is 0 Å². The van der Waals surface area contributed by atoms with Gasteiger partial charge in [0.1, 0.15) is 0 Å². The molecule has 0 heterocycles. The lowest BCUT2D eigenvalue weighted by Gasteiger charge is -2.58. The monoisotopic (exact) mass is 298 g/mol. The fraction of sp³-hybridized carbons (Fsp3) is 0.762. The second-order valence-corrected chi connectivity index (χ2v) is 8.82. The van der Waals surface area contributed by atoms with E-state index in [4.69, 9.17) is 0 Å². The average Bonchev–Trinajstić information content (AvgIpc) is 2.79. The van der Waals surface area contributed by atoms with Crippen LogP contribution in [0.3, 0.4) is 0 Å². The third kappa shape index (κ3) is 1.65. The summed E-state index contributed by atoms with van der Waals surface area (Å²) in [7, 11) is 0. The van der Waals surface area contributed by atoms with E-state index in [1.807, 2.05) is 6.08 Å². The Morgan fingerprint density at radius 1 is 1.18 bits per heavy atom. The van der Waals surface area contributed by atoms with Gasteiger partial charge in [0.2, 0.25) is 0 Å². The zero-order valence-electron chi connectivity index (χ0n) is 14.2. The first-order chi connectivity index (χ1) is 10.4. The molecule has 1 heteroatoms. The molecule has 0 aromatic carbocycles. The first kappa shape index (κ1) is 14.8. The second-order valence-electron chi connectivity index (χ2n) is 8.82. The summed E-state index contributed by atoms with van der Waals surface area (Å²) in [5.41, 5.74) is 5.02. The molecule has 0 aromatic heterocycles. The molecule has 22 heavy (non-hydrogen) atoms. The minimum absolute atomic E-state index is 0.0536. The molecule has 0 amide bonds. The summed E-state index contributed by atoms with van der Waals surface area (Å²) in [5, 5.41) is 11.1. The molecule has 0 unspecified atom stereocenters. The van der Waals surface area contributed by atoms with Gasteiger partial charge in [-0.1, -0.05) is 19.9 Å². The van der Waals surface area contributed by atoms with Gasteiger partial charge in [0.25, 0.3) is 0 Å². The van der Waals surface area contributed by atoms with Gasteiger partial charge in [-0.15, -0.1) is 12.3 Å². The highest BCUT2D eigenvalue weighted by Gasteiger charge is 2.62. The van der Waals surface area contributed by atoms with Crippen LogP contribution in [0, 0.1) is 28.6 Å². The Labute approximate surface area is 135 Å². The molecule has 0 spiro atoms. The van der Waals surface area contributed by atoms with E-state index in [9.17, 15) is 5.11 Å². The summed E-state index contributed by atoms with van der Waals surface area (Å²) in [6.07, 6.45) is 13.7. The highest BCUT2D eigenvalue weighted by atomic mass is 16.3. The Kier molecular flexibility index (Phi) is 3.10. The van der Waals surface area contributed by atoms with Crippen LogP contribution in [0.4, 0.5) is 0 Å². The van der Waals surface area contributed by atoms with Crippen molar-refractivity contribution in [2.75, 3.05) is 0 Å². The number of allylic oxidation sites excluding steroid dienone is 1. The molecule has 4 rings (SSSR count). The molecule has 0 saturated heterocycles. The zero-order valence-corrected chi connectivity index (χ0v) is 14.2. The molecular weight excluding hydrogens is 268 g/mol. The molecule has 1 nitrogen and oxygen atoms in total. The van der Waals surface area contributed by atoms with Gasteiger partial charge in [0, 0.05) is 5.41 Å². The highest BCUT2D eigenvalue weighted by molar-refractivity contribution is 5.26. The van der Waals surface area contributed by atoms with Crippen molar-refractivity contribution in [1.29, 1.82) is 0 Å². The summed E-state index contributed by atoms with van der Waals surface area (Å²) in [4.78, 5) is 0. The normalized spacial score (nSPS) is 53.2. The van der Waals surface area contributed by atoms with Gasteiger partial charge < -0.3 is 5.11 Å². The SMILES string of the molecule is C=C[C@@]1(O)CC[C@H]2[C@@H]3CCC4=C=CCC[C@]4(C)[C@H]3CC[C@@]21C. The molecule has 0 bridgehead atoms. The van der Waals surface area contributed by atoms with E-state index in [2.05, 4.69) is 32.2 Å². The number of aliphatic hydroxyl groups is 1. The van der Waals surface area contributed by atoms with Crippen LogP contribution in [0.5, 0.6) is 0 Å². The predicted molar refractivity (Wildman–Crippen MR) is 90.4 cm³/mol. The smallest absolute Gasteiger partial charge is 0.0881 e. The molecule has 0 radical (unpaired) electrons. The van der Waals surface area contributed by atoms with E-state index in [0.717, 1.165) is 24.7 Å². The van der Waals surface area contributed by atoms with E-state index < -0.39 is 5.60 Å². The molecule has 6 atom stereocenters. The van der Waals surface area contributed by atoms with Gasteiger partial charge >= 0.3 is 0 Å². The van der Waals surface area contributed by atoms with E-state index in [-0.39, 0.29) is 5.41 Å². The Morgan fingerprint density at radius 2 is 1.95 bits per heavy atom. The lowest BCUT2D eigenvalue weighted by Crippen LogP contribution is -2.53. The van der Waals surface area contributed by atoms with Crippen LogP contribution in [0.1, 0.15) is 65.2 Å². The largest absolute Gasteiger partial charge is 0.385 e. The predicted octanol–water partition coefficient (Wildman–Crippen LogP) is 5.02. The highest BCUT2D eigenvalue weighted by Crippen LogP contribution is 2.67. The van der Waals surface area contributed by atoms with E-state index in [1.165, 1.54) is 38.5 Å². The number of hydrogen-bond donors (Lipinski definition) is 1. The third-order valence-electron chi connectivity index (χ3n) is 8.31. The maximum absolute atomic E-state index is 11.1. The maximum Gasteiger partial charge on any atom is 0.0881 e. The molecule has 120 valence electrons. The van der Waals surface area contributed by atoms with Crippen molar-refractivity contribution in [3.63, 3.8) is 0 Å². The third-order valence-corrected chi connectivity index (χ3v) is 8.31. The van der Waals surface area contributed by atoms with Crippen LogP contribution in [0.15, 0.2) is 30.0 Å². The fourth-order valence-electron chi connectivity index (χ4n) is 6.83. The molecule has 1 N–H and O–H groups in total. The molecule has 3 saturated carbocycles. The lowest BCUT2D eigenvalue weighted by atomic mass is 9.47. The maximum atomic E-state index is 11.1.